The van der Waals surface area contributed by atoms with Gasteiger partial charge in [-0.15, -0.1) is 0 Å². The van der Waals surface area contributed by atoms with Crippen molar-refractivity contribution in [2.75, 3.05) is 0 Å². The molecule has 2 aromatic carbocycles. The van der Waals surface area contributed by atoms with E-state index in [0.29, 0.717) is 5.56 Å². The first-order valence-electron chi connectivity index (χ1n) is 8.92. The van der Waals surface area contributed by atoms with E-state index in [1.54, 1.807) is 6.07 Å². The molecule has 0 bridgehead atoms. The lowest BCUT2D eigenvalue weighted by molar-refractivity contribution is 0.509. The third kappa shape index (κ3) is 2.16. The Morgan fingerprint density at radius 3 is 2.67 bits per heavy atom. The molecule has 1 unspecified atom stereocenters. The number of benzene rings is 2. The van der Waals surface area contributed by atoms with E-state index < -0.39 is 11.6 Å². The van der Waals surface area contributed by atoms with Crippen LogP contribution in [-0.2, 0) is 6.42 Å². The first-order valence-corrected chi connectivity index (χ1v) is 8.92. The van der Waals surface area contributed by atoms with Gasteiger partial charge in [0.1, 0.15) is 0 Å². The highest BCUT2D eigenvalue weighted by atomic mass is 19.2. The van der Waals surface area contributed by atoms with Crippen LogP contribution in [0.5, 0.6) is 0 Å². The summed E-state index contributed by atoms with van der Waals surface area (Å²) < 4.78 is 29.3. The number of halogens is 2. The summed E-state index contributed by atoms with van der Waals surface area (Å²) in [5, 5.41) is 2.65. The summed E-state index contributed by atoms with van der Waals surface area (Å²) in [6, 6.07) is 10.3. The fourth-order valence-corrected chi connectivity index (χ4v) is 4.32. The highest BCUT2D eigenvalue weighted by Crippen LogP contribution is 2.35. The molecular weight excluding hydrogens is 342 g/mol. The number of nitrogens with one attached hydrogen (secondary N) is 1. The molecule has 0 saturated carbocycles. The molecule has 0 fully saturated rings. The molecule has 2 nitrogen and oxygen atoms in total. The first-order chi connectivity index (χ1) is 13.0. The van der Waals surface area contributed by atoms with Gasteiger partial charge in [-0.3, -0.25) is 0 Å². The Morgan fingerprint density at radius 1 is 1.07 bits per heavy atom. The molecule has 3 heterocycles. The topological polar surface area (TPSA) is 20.7 Å². The molecule has 1 atom stereocenters. The molecule has 0 aliphatic carbocycles. The molecule has 5 rings (SSSR count). The molecule has 2 aromatic heterocycles. The third-order valence-corrected chi connectivity index (χ3v) is 5.74. The number of hydrogen-bond donors (Lipinski definition) is 1. The standard InChI is InChI=1S/C23H18F2N2/c1-12-13(2)22-18-10-16-5-4-8-27(16)14(3)23(18)26-21(22)11-17(12)15-6-7-19(24)20(25)9-15/h4-9,11,14,26H,1-2,10H2,3H3. The second kappa shape index (κ2) is 5.43. The Bertz CT molecular complexity index is 1330. The SMILES string of the molecule is C=c1c(-c2ccc(F)c(F)c2)cc2[nH]c3c(c2c1=C)Cc1cccn1C3C. The van der Waals surface area contributed by atoms with Crippen LogP contribution in [0.1, 0.15) is 29.9 Å². The molecule has 0 radical (unpaired) electrons. The fourth-order valence-electron chi connectivity index (χ4n) is 4.32. The zero-order valence-electron chi connectivity index (χ0n) is 14.9. The number of H-pyrrole nitrogens is 1. The number of nitrogens with zero attached hydrogens (tertiary/aromatic N) is 1. The lowest BCUT2D eigenvalue weighted by Gasteiger charge is -2.23. The van der Waals surface area contributed by atoms with Crippen molar-refractivity contribution in [1.82, 2.24) is 9.55 Å². The molecular formula is C23H18F2N2. The van der Waals surface area contributed by atoms with Gasteiger partial charge in [-0.05, 0) is 64.4 Å². The van der Waals surface area contributed by atoms with Crippen molar-refractivity contribution in [1.29, 1.82) is 0 Å². The van der Waals surface area contributed by atoms with Crippen LogP contribution >= 0.6 is 0 Å². The van der Waals surface area contributed by atoms with Crippen molar-refractivity contribution >= 4 is 24.1 Å². The van der Waals surface area contributed by atoms with E-state index in [9.17, 15) is 8.78 Å². The van der Waals surface area contributed by atoms with Crippen molar-refractivity contribution in [2.45, 2.75) is 19.4 Å². The Hall–Kier alpha value is -3.14. The molecule has 1 aliphatic heterocycles. The van der Waals surface area contributed by atoms with Gasteiger partial charge in [0.25, 0.3) is 0 Å². The predicted octanol–water partition coefficient (Wildman–Crippen LogP) is 4.25. The van der Waals surface area contributed by atoms with Gasteiger partial charge in [-0.2, -0.15) is 0 Å². The van der Waals surface area contributed by atoms with E-state index >= 15 is 0 Å². The van der Waals surface area contributed by atoms with Gasteiger partial charge < -0.3 is 9.55 Å². The van der Waals surface area contributed by atoms with Crippen LogP contribution in [0.3, 0.4) is 0 Å². The molecule has 0 saturated heterocycles. The monoisotopic (exact) mass is 360 g/mol. The summed E-state index contributed by atoms with van der Waals surface area (Å²) in [4.78, 5) is 3.54. The number of fused-ring (bicyclic) bond motifs is 4. The number of hydrogen-bond acceptors (Lipinski definition) is 0. The number of aromatic amines is 1. The minimum Gasteiger partial charge on any atom is -0.356 e. The second-order valence-electron chi connectivity index (χ2n) is 7.21. The zero-order valence-corrected chi connectivity index (χ0v) is 14.9. The largest absolute Gasteiger partial charge is 0.356 e. The molecule has 27 heavy (non-hydrogen) atoms. The average molecular weight is 360 g/mol. The Balaban J connectivity index is 1.78. The lowest BCUT2D eigenvalue weighted by atomic mass is 9.95. The predicted molar refractivity (Wildman–Crippen MR) is 105 cm³/mol. The highest BCUT2D eigenvalue weighted by molar-refractivity contribution is 5.90. The summed E-state index contributed by atoms with van der Waals surface area (Å²) in [6.07, 6.45) is 2.93. The van der Waals surface area contributed by atoms with E-state index in [0.717, 1.165) is 39.4 Å². The van der Waals surface area contributed by atoms with Crippen LogP contribution < -0.4 is 10.4 Å². The van der Waals surface area contributed by atoms with E-state index in [2.05, 4.69) is 48.0 Å². The van der Waals surface area contributed by atoms with Crippen LogP contribution in [0, 0.1) is 11.6 Å². The van der Waals surface area contributed by atoms with Crippen LogP contribution in [0.2, 0.25) is 0 Å². The van der Waals surface area contributed by atoms with Gasteiger partial charge in [0.15, 0.2) is 11.6 Å². The molecule has 1 aliphatic rings. The maximum atomic E-state index is 13.7. The molecule has 4 heteroatoms. The number of rotatable bonds is 1. The van der Waals surface area contributed by atoms with Crippen molar-refractivity contribution in [3.05, 3.63) is 81.6 Å². The summed E-state index contributed by atoms with van der Waals surface area (Å²) in [6.45, 7) is 10.6. The van der Waals surface area contributed by atoms with E-state index in [1.165, 1.54) is 23.0 Å². The summed E-state index contributed by atoms with van der Waals surface area (Å²) >= 11 is 0. The molecule has 1 N–H and O–H groups in total. The van der Waals surface area contributed by atoms with Gasteiger partial charge in [-0.1, -0.05) is 19.2 Å². The maximum Gasteiger partial charge on any atom is 0.159 e. The smallest absolute Gasteiger partial charge is 0.159 e. The van der Waals surface area contributed by atoms with Gasteiger partial charge in [0.05, 0.1) is 6.04 Å². The van der Waals surface area contributed by atoms with Gasteiger partial charge in [0, 0.05) is 34.9 Å². The Morgan fingerprint density at radius 2 is 1.89 bits per heavy atom. The Kier molecular flexibility index (Phi) is 3.23. The summed E-state index contributed by atoms with van der Waals surface area (Å²) in [7, 11) is 0. The van der Waals surface area contributed by atoms with Crippen LogP contribution in [0.15, 0.2) is 42.6 Å². The second-order valence-corrected chi connectivity index (χ2v) is 7.21. The van der Waals surface area contributed by atoms with Crippen LogP contribution in [-0.4, -0.2) is 9.55 Å². The van der Waals surface area contributed by atoms with Crippen LogP contribution in [0.25, 0.3) is 35.2 Å². The van der Waals surface area contributed by atoms with Crippen molar-refractivity contribution in [3.8, 4) is 11.1 Å². The minimum absolute atomic E-state index is 0.200. The van der Waals surface area contributed by atoms with Crippen LogP contribution in [0.4, 0.5) is 8.78 Å². The van der Waals surface area contributed by atoms with Crippen molar-refractivity contribution in [2.24, 2.45) is 0 Å². The molecule has 0 spiro atoms. The van der Waals surface area contributed by atoms with Gasteiger partial charge >= 0.3 is 0 Å². The first kappa shape index (κ1) is 16.1. The van der Waals surface area contributed by atoms with Gasteiger partial charge in [0.2, 0.25) is 0 Å². The minimum atomic E-state index is -0.864. The third-order valence-electron chi connectivity index (χ3n) is 5.74. The quantitative estimate of drug-likeness (QED) is 0.524. The van der Waals surface area contributed by atoms with E-state index in [1.807, 2.05) is 6.07 Å². The van der Waals surface area contributed by atoms with Crippen molar-refractivity contribution < 1.29 is 8.78 Å². The molecule has 134 valence electrons. The van der Waals surface area contributed by atoms with E-state index in [4.69, 9.17) is 0 Å². The van der Waals surface area contributed by atoms with E-state index in [-0.39, 0.29) is 6.04 Å². The fraction of sp³-hybridized carbons (Fsp3) is 0.130. The lowest BCUT2D eigenvalue weighted by Crippen LogP contribution is -2.26. The molecule has 0 amide bonds. The maximum absolute atomic E-state index is 13.7. The zero-order chi connectivity index (χ0) is 18.9. The molecule has 4 aromatic rings. The Labute approximate surface area is 155 Å². The normalized spacial score (nSPS) is 15.7. The highest BCUT2D eigenvalue weighted by Gasteiger charge is 2.25. The summed E-state index contributed by atoms with van der Waals surface area (Å²) in [5.41, 5.74) is 5.99. The average Bonchev–Trinajstić information content (AvgIpc) is 3.26. The van der Waals surface area contributed by atoms with Crippen molar-refractivity contribution in [3.63, 3.8) is 0 Å². The number of aromatic nitrogens is 2. The van der Waals surface area contributed by atoms with Gasteiger partial charge in [-0.25, -0.2) is 8.78 Å². The summed E-state index contributed by atoms with van der Waals surface area (Å²) in [5.74, 6) is -1.72.